The van der Waals surface area contributed by atoms with Gasteiger partial charge in [0.15, 0.2) is 0 Å². The molecule has 2 heterocycles. The fourth-order valence-electron chi connectivity index (χ4n) is 1.43. The summed E-state index contributed by atoms with van der Waals surface area (Å²) in [5.74, 6) is 0.742. The van der Waals surface area contributed by atoms with Crippen LogP contribution in [0.2, 0.25) is 0 Å². The summed E-state index contributed by atoms with van der Waals surface area (Å²) in [6.45, 7) is 3.78. The van der Waals surface area contributed by atoms with Gasteiger partial charge < -0.3 is 4.98 Å². The molecule has 0 atom stereocenters. The molecule has 78 valence electrons. The summed E-state index contributed by atoms with van der Waals surface area (Å²) in [5, 5.41) is 4.00. The van der Waals surface area contributed by atoms with Gasteiger partial charge in [0.25, 0.3) is 5.56 Å². The van der Waals surface area contributed by atoms with Crippen LogP contribution >= 0.6 is 11.3 Å². The average Bonchev–Trinajstić information content (AvgIpc) is 2.75. The molecular formula is C11H12N2OS. The Kier molecular flexibility index (Phi) is 2.68. The molecule has 0 saturated heterocycles. The van der Waals surface area contributed by atoms with Crippen molar-refractivity contribution >= 4 is 11.3 Å². The van der Waals surface area contributed by atoms with Crippen LogP contribution < -0.4 is 5.56 Å². The van der Waals surface area contributed by atoms with Crippen molar-refractivity contribution < 1.29 is 0 Å². The molecule has 2 aromatic heterocycles. The standard InChI is InChI=1S/C11H12N2OS/c1-3-9-12-10(7(2)11(14)13-9)8-4-5-15-6-8/h4-6H,3H2,1-2H3,(H,12,13,14). The summed E-state index contributed by atoms with van der Waals surface area (Å²) in [4.78, 5) is 18.8. The minimum Gasteiger partial charge on any atom is -0.310 e. The lowest BCUT2D eigenvalue weighted by Crippen LogP contribution is -2.15. The quantitative estimate of drug-likeness (QED) is 0.844. The third-order valence-corrected chi connectivity index (χ3v) is 3.01. The van der Waals surface area contributed by atoms with Gasteiger partial charge in [0, 0.05) is 22.9 Å². The van der Waals surface area contributed by atoms with Gasteiger partial charge in [-0.05, 0) is 18.4 Å². The van der Waals surface area contributed by atoms with Gasteiger partial charge in [-0.1, -0.05) is 6.92 Å². The lowest BCUT2D eigenvalue weighted by Gasteiger charge is -2.04. The summed E-state index contributed by atoms with van der Waals surface area (Å²) in [6.07, 6.45) is 0.743. The molecule has 0 aromatic carbocycles. The molecule has 0 radical (unpaired) electrons. The predicted octanol–water partition coefficient (Wildman–Crippen LogP) is 2.37. The van der Waals surface area contributed by atoms with E-state index in [-0.39, 0.29) is 5.56 Å². The summed E-state index contributed by atoms with van der Waals surface area (Å²) >= 11 is 1.61. The molecule has 0 fully saturated rings. The number of aryl methyl sites for hydroxylation is 1. The molecule has 3 nitrogen and oxygen atoms in total. The number of aromatic amines is 1. The van der Waals surface area contributed by atoms with E-state index in [2.05, 4.69) is 9.97 Å². The predicted molar refractivity (Wildman–Crippen MR) is 62.3 cm³/mol. The average molecular weight is 220 g/mol. The number of nitrogens with zero attached hydrogens (tertiary/aromatic N) is 1. The summed E-state index contributed by atoms with van der Waals surface area (Å²) < 4.78 is 0. The molecule has 0 aliphatic carbocycles. The van der Waals surface area contributed by atoms with Crippen molar-refractivity contribution in [3.05, 3.63) is 38.6 Å². The Hall–Kier alpha value is -1.42. The van der Waals surface area contributed by atoms with Crippen molar-refractivity contribution in [2.24, 2.45) is 0 Å². The molecule has 0 amide bonds. The lowest BCUT2D eigenvalue weighted by molar-refractivity contribution is 0.912. The van der Waals surface area contributed by atoms with Gasteiger partial charge in [-0.15, -0.1) is 0 Å². The van der Waals surface area contributed by atoms with E-state index in [1.54, 1.807) is 18.3 Å². The first kappa shape index (κ1) is 10.1. The molecule has 4 heteroatoms. The van der Waals surface area contributed by atoms with E-state index in [4.69, 9.17) is 0 Å². The first-order valence-corrected chi connectivity index (χ1v) is 5.79. The second kappa shape index (κ2) is 3.98. The maximum Gasteiger partial charge on any atom is 0.254 e. The third-order valence-electron chi connectivity index (χ3n) is 2.33. The van der Waals surface area contributed by atoms with Crippen LogP contribution in [-0.4, -0.2) is 9.97 Å². The highest BCUT2D eigenvalue weighted by molar-refractivity contribution is 7.08. The highest BCUT2D eigenvalue weighted by Gasteiger charge is 2.08. The van der Waals surface area contributed by atoms with Crippen LogP contribution in [0.3, 0.4) is 0 Å². The topological polar surface area (TPSA) is 45.8 Å². The molecule has 0 bridgehead atoms. The SMILES string of the molecule is CCc1nc(-c2ccsc2)c(C)c(=O)[nH]1. The summed E-state index contributed by atoms with van der Waals surface area (Å²) in [6, 6.07) is 1.98. The van der Waals surface area contributed by atoms with Crippen molar-refractivity contribution in [3.8, 4) is 11.3 Å². The van der Waals surface area contributed by atoms with Crippen LogP contribution in [0.25, 0.3) is 11.3 Å². The molecule has 2 rings (SSSR count). The number of rotatable bonds is 2. The van der Waals surface area contributed by atoms with Crippen molar-refractivity contribution in [1.29, 1.82) is 0 Å². The van der Waals surface area contributed by atoms with Crippen molar-refractivity contribution in [3.63, 3.8) is 0 Å². The van der Waals surface area contributed by atoms with E-state index >= 15 is 0 Å². The number of H-pyrrole nitrogens is 1. The van der Waals surface area contributed by atoms with Crippen molar-refractivity contribution in [2.75, 3.05) is 0 Å². The minimum absolute atomic E-state index is 0.0388. The summed E-state index contributed by atoms with van der Waals surface area (Å²) in [7, 11) is 0. The van der Waals surface area contributed by atoms with Crippen molar-refractivity contribution in [1.82, 2.24) is 9.97 Å². The second-order valence-corrected chi connectivity index (χ2v) is 4.13. The molecule has 15 heavy (non-hydrogen) atoms. The normalized spacial score (nSPS) is 10.5. The van der Waals surface area contributed by atoms with E-state index in [1.165, 1.54) is 0 Å². The zero-order chi connectivity index (χ0) is 10.8. The zero-order valence-corrected chi connectivity index (χ0v) is 9.52. The Balaban J connectivity index is 2.65. The molecular weight excluding hydrogens is 208 g/mol. The Labute approximate surface area is 91.8 Å². The van der Waals surface area contributed by atoms with E-state index < -0.39 is 0 Å². The summed E-state index contributed by atoms with van der Waals surface area (Å²) in [5.41, 5.74) is 2.48. The van der Waals surface area contributed by atoms with Crippen molar-refractivity contribution in [2.45, 2.75) is 20.3 Å². The smallest absolute Gasteiger partial charge is 0.254 e. The lowest BCUT2D eigenvalue weighted by atomic mass is 10.1. The first-order chi connectivity index (χ1) is 7.22. The van der Waals surface area contributed by atoms with Crippen LogP contribution in [0.15, 0.2) is 21.6 Å². The monoisotopic (exact) mass is 220 g/mol. The number of hydrogen-bond acceptors (Lipinski definition) is 3. The maximum absolute atomic E-state index is 11.6. The fourth-order valence-corrected chi connectivity index (χ4v) is 2.07. The molecule has 0 spiro atoms. The van der Waals surface area contributed by atoms with E-state index in [9.17, 15) is 4.79 Å². The third kappa shape index (κ3) is 1.85. The Morgan fingerprint density at radius 1 is 1.53 bits per heavy atom. The Morgan fingerprint density at radius 2 is 2.33 bits per heavy atom. The molecule has 0 aliphatic rings. The number of aromatic nitrogens is 2. The Morgan fingerprint density at radius 3 is 2.93 bits per heavy atom. The van der Waals surface area contributed by atoms with Gasteiger partial charge in [0.2, 0.25) is 0 Å². The van der Waals surface area contributed by atoms with Gasteiger partial charge in [-0.25, -0.2) is 4.98 Å². The van der Waals surface area contributed by atoms with Crippen LogP contribution in [0, 0.1) is 6.92 Å². The molecule has 1 N–H and O–H groups in total. The second-order valence-electron chi connectivity index (χ2n) is 3.35. The van der Waals surface area contributed by atoms with Gasteiger partial charge in [-0.3, -0.25) is 4.79 Å². The number of hydrogen-bond donors (Lipinski definition) is 1. The van der Waals surface area contributed by atoms with Crippen LogP contribution in [0.4, 0.5) is 0 Å². The molecule has 0 saturated carbocycles. The van der Waals surface area contributed by atoms with Crippen LogP contribution in [-0.2, 0) is 6.42 Å². The first-order valence-electron chi connectivity index (χ1n) is 4.84. The van der Waals surface area contributed by atoms with Gasteiger partial charge in [-0.2, -0.15) is 11.3 Å². The Bertz CT molecular complexity index is 514. The van der Waals surface area contributed by atoms with Gasteiger partial charge >= 0.3 is 0 Å². The highest BCUT2D eigenvalue weighted by atomic mass is 32.1. The zero-order valence-electron chi connectivity index (χ0n) is 8.70. The fraction of sp³-hybridized carbons (Fsp3) is 0.273. The molecule has 0 aliphatic heterocycles. The van der Waals surface area contributed by atoms with Gasteiger partial charge in [0.05, 0.1) is 5.69 Å². The van der Waals surface area contributed by atoms with Gasteiger partial charge in [0.1, 0.15) is 5.82 Å². The molecule has 0 unspecified atom stereocenters. The minimum atomic E-state index is -0.0388. The maximum atomic E-state index is 11.6. The van der Waals surface area contributed by atoms with E-state index in [1.807, 2.05) is 23.8 Å². The largest absolute Gasteiger partial charge is 0.310 e. The van der Waals surface area contributed by atoms with E-state index in [0.717, 1.165) is 23.5 Å². The molecule has 2 aromatic rings. The number of nitrogens with one attached hydrogen (secondary N) is 1. The van der Waals surface area contributed by atoms with Crippen LogP contribution in [0.5, 0.6) is 0 Å². The highest BCUT2D eigenvalue weighted by Crippen LogP contribution is 2.21. The number of thiophene rings is 1. The van der Waals surface area contributed by atoms with E-state index in [0.29, 0.717) is 5.56 Å². The van der Waals surface area contributed by atoms with Crippen LogP contribution in [0.1, 0.15) is 18.3 Å².